The van der Waals surface area contributed by atoms with Gasteiger partial charge < -0.3 is 26.2 Å². The molecular formula is C48H64N8O8. The zero-order valence-corrected chi connectivity index (χ0v) is 37.6. The molecule has 16 nitrogen and oxygen atoms in total. The quantitative estimate of drug-likeness (QED) is 0.176. The number of imide groups is 1. The summed E-state index contributed by atoms with van der Waals surface area (Å²) in [5, 5.41) is 8.08. The molecule has 4 heterocycles. The highest BCUT2D eigenvalue weighted by atomic mass is 16.2. The molecule has 4 aliphatic rings. The van der Waals surface area contributed by atoms with Gasteiger partial charge >= 0.3 is 5.69 Å². The molecule has 1 aromatic heterocycles. The molecule has 0 spiro atoms. The van der Waals surface area contributed by atoms with Crippen molar-refractivity contribution in [3.63, 3.8) is 0 Å². The lowest BCUT2D eigenvalue weighted by molar-refractivity contribution is -0.147. The number of nitrogens with one attached hydrogen (secondary N) is 3. The fourth-order valence-corrected chi connectivity index (χ4v) is 10.3. The van der Waals surface area contributed by atoms with E-state index in [2.05, 4.69) is 29.8 Å². The Balaban J connectivity index is 0.899. The predicted octanol–water partition coefficient (Wildman–Crippen LogP) is 3.47. The Kier molecular flexibility index (Phi) is 14.4. The molecule has 16 heteroatoms. The highest BCUT2D eigenvalue weighted by molar-refractivity contribution is 6.00. The van der Waals surface area contributed by atoms with Gasteiger partial charge in [-0.2, -0.15) is 0 Å². The summed E-state index contributed by atoms with van der Waals surface area (Å²) in [4.78, 5) is 108. The Labute approximate surface area is 374 Å². The molecule has 7 rings (SSSR count). The van der Waals surface area contributed by atoms with Crippen LogP contribution in [0.4, 0.5) is 0 Å². The highest BCUT2D eigenvalue weighted by Gasteiger charge is 2.45. The summed E-state index contributed by atoms with van der Waals surface area (Å²) in [5.74, 6) is -1.84. The van der Waals surface area contributed by atoms with Crippen LogP contribution in [0.25, 0.3) is 11.0 Å². The van der Waals surface area contributed by atoms with E-state index >= 15 is 0 Å². The summed E-state index contributed by atoms with van der Waals surface area (Å²) >= 11 is 0. The van der Waals surface area contributed by atoms with Crippen LogP contribution in [0.3, 0.4) is 0 Å². The fraction of sp³-hybridized carbons (Fsp3) is 0.583. The van der Waals surface area contributed by atoms with Crippen molar-refractivity contribution in [3.05, 3.63) is 69.6 Å². The molecule has 1 unspecified atom stereocenters. The van der Waals surface area contributed by atoms with Crippen LogP contribution < -0.4 is 27.4 Å². The monoisotopic (exact) mass is 880 g/mol. The highest BCUT2D eigenvalue weighted by Crippen LogP contribution is 2.35. The summed E-state index contributed by atoms with van der Waals surface area (Å²) in [6.45, 7) is 7.02. The van der Waals surface area contributed by atoms with Crippen LogP contribution in [-0.2, 0) is 53.6 Å². The topological polar surface area (TPSA) is 215 Å². The zero-order chi connectivity index (χ0) is 45.8. The second-order valence-electron chi connectivity index (χ2n) is 19.0. The van der Waals surface area contributed by atoms with Gasteiger partial charge in [-0.25, -0.2) is 4.79 Å². The van der Waals surface area contributed by atoms with Crippen molar-refractivity contribution in [2.45, 2.75) is 141 Å². The van der Waals surface area contributed by atoms with Crippen LogP contribution in [0.15, 0.2) is 47.3 Å². The van der Waals surface area contributed by atoms with Crippen molar-refractivity contribution in [2.24, 2.45) is 30.5 Å². The number of nitrogens with zero attached hydrogens (tertiary/aromatic N) is 4. The number of aryl methyl sites for hydroxylation is 1. The Hall–Kier alpha value is -5.80. The summed E-state index contributed by atoms with van der Waals surface area (Å²) in [5.41, 5.74) is 9.74. The minimum Gasteiger partial charge on any atom is -0.370 e. The third-order valence-electron chi connectivity index (χ3n) is 14.1. The molecule has 3 saturated heterocycles. The van der Waals surface area contributed by atoms with Gasteiger partial charge in [0.1, 0.15) is 18.1 Å². The fourth-order valence-electron chi connectivity index (χ4n) is 10.3. The van der Waals surface area contributed by atoms with Crippen molar-refractivity contribution in [3.8, 4) is 0 Å². The van der Waals surface area contributed by atoms with E-state index in [1.54, 1.807) is 23.4 Å². The van der Waals surface area contributed by atoms with Crippen molar-refractivity contribution in [2.75, 3.05) is 13.1 Å². The van der Waals surface area contributed by atoms with Gasteiger partial charge in [-0.1, -0.05) is 51.1 Å². The molecule has 3 aromatic rings. The number of hydrogen-bond donors (Lipinski definition) is 4. The third kappa shape index (κ3) is 10.4. The molecule has 0 radical (unpaired) electrons. The Morgan fingerprint density at radius 2 is 1.56 bits per heavy atom. The Morgan fingerprint density at radius 1 is 0.859 bits per heavy atom. The molecule has 7 amide bonds. The summed E-state index contributed by atoms with van der Waals surface area (Å²) in [7, 11) is 1.70. The number of amides is 7. The number of aromatic nitrogens is 2. The zero-order valence-electron chi connectivity index (χ0n) is 37.6. The van der Waals surface area contributed by atoms with E-state index < -0.39 is 47.7 Å². The van der Waals surface area contributed by atoms with E-state index in [9.17, 15) is 38.4 Å². The number of nitrogens with two attached hydrogens (primary N) is 1. The average molecular weight is 881 g/mol. The van der Waals surface area contributed by atoms with Crippen LogP contribution in [-0.4, -0.2) is 91.5 Å². The minimum absolute atomic E-state index is 0.0304. The van der Waals surface area contributed by atoms with Crippen LogP contribution in [0.1, 0.15) is 126 Å². The van der Waals surface area contributed by atoms with Crippen molar-refractivity contribution < 1.29 is 33.6 Å². The van der Waals surface area contributed by atoms with Crippen LogP contribution >= 0.6 is 0 Å². The number of imidazole rings is 1. The van der Waals surface area contributed by atoms with Gasteiger partial charge in [0.25, 0.3) is 0 Å². The van der Waals surface area contributed by atoms with Gasteiger partial charge in [-0.15, -0.1) is 0 Å². The third-order valence-corrected chi connectivity index (χ3v) is 14.1. The summed E-state index contributed by atoms with van der Waals surface area (Å²) in [6, 6.07) is 11.2. The largest absolute Gasteiger partial charge is 0.370 e. The number of primary amides is 1. The molecule has 64 heavy (non-hydrogen) atoms. The molecule has 344 valence electrons. The lowest BCUT2D eigenvalue weighted by Gasteiger charge is -2.38. The molecule has 2 aromatic carbocycles. The van der Waals surface area contributed by atoms with E-state index in [1.165, 1.54) is 10.1 Å². The van der Waals surface area contributed by atoms with Gasteiger partial charge in [-0.05, 0) is 111 Å². The summed E-state index contributed by atoms with van der Waals surface area (Å²) in [6.07, 6.45) is 7.04. The van der Waals surface area contributed by atoms with Crippen LogP contribution in [0, 0.1) is 17.8 Å². The predicted molar refractivity (Wildman–Crippen MR) is 239 cm³/mol. The number of fused-ring (bicyclic) bond motifs is 2. The maximum atomic E-state index is 14.0. The maximum absolute atomic E-state index is 14.0. The van der Waals surface area contributed by atoms with Crippen LogP contribution in [0.2, 0.25) is 0 Å². The molecule has 5 N–H and O–H groups in total. The Bertz CT molecular complexity index is 2330. The number of hydrogen-bond acceptors (Lipinski definition) is 8. The first-order valence-electron chi connectivity index (χ1n) is 23.2. The van der Waals surface area contributed by atoms with Gasteiger partial charge in [0.2, 0.25) is 41.4 Å². The lowest BCUT2D eigenvalue weighted by Crippen LogP contribution is -2.57. The molecule has 5 atom stereocenters. The van der Waals surface area contributed by atoms with E-state index in [1.807, 2.05) is 47.4 Å². The molecular weight excluding hydrogens is 817 g/mol. The van der Waals surface area contributed by atoms with Gasteiger partial charge in [0.05, 0.1) is 17.0 Å². The van der Waals surface area contributed by atoms with Crippen molar-refractivity contribution in [1.29, 1.82) is 0 Å². The molecule has 4 fully saturated rings. The van der Waals surface area contributed by atoms with Crippen LogP contribution in [0.5, 0.6) is 0 Å². The molecule has 1 saturated carbocycles. The van der Waals surface area contributed by atoms with Gasteiger partial charge in [-0.3, -0.25) is 48.0 Å². The maximum Gasteiger partial charge on any atom is 0.329 e. The van der Waals surface area contributed by atoms with Gasteiger partial charge in [0.15, 0.2) is 0 Å². The molecule has 0 bridgehead atoms. The number of carbonyl (C=O) groups is 7. The number of carbonyl (C=O) groups excluding carboxylic acids is 7. The van der Waals surface area contributed by atoms with E-state index in [-0.39, 0.29) is 74.1 Å². The minimum atomic E-state index is -1.01. The lowest BCUT2D eigenvalue weighted by atomic mass is 9.78. The summed E-state index contributed by atoms with van der Waals surface area (Å²) < 4.78 is 3.06. The number of piperidine rings is 1. The SMILES string of the molecule is CC(C)c1ccc(CNC(=O)[C@H](CCC(N)=O)NC(=O)[C@@H]2CC[C@@H]3CCN(C(=O)CC4CCC(Cc5ccc6c(c5)n(C)c(=O)n6C5CCC(=O)NC5=O)CC4)C[C@H](C)C(=O)N32)cc1. The van der Waals surface area contributed by atoms with E-state index in [0.717, 1.165) is 48.7 Å². The molecule has 3 aliphatic heterocycles. The van der Waals surface area contributed by atoms with Crippen molar-refractivity contribution >= 4 is 52.4 Å². The van der Waals surface area contributed by atoms with E-state index in [0.29, 0.717) is 49.6 Å². The van der Waals surface area contributed by atoms with E-state index in [4.69, 9.17) is 5.73 Å². The number of benzene rings is 2. The average Bonchev–Trinajstić information content (AvgIpc) is 3.79. The first-order chi connectivity index (χ1) is 30.6. The normalized spacial score (nSPS) is 24.5. The second-order valence-corrected chi connectivity index (χ2v) is 19.0. The molecule has 1 aliphatic carbocycles. The Morgan fingerprint density at radius 3 is 2.25 bits per heavy atom. The van der Waals surface area contributed by atoms with Crippen molar-refractivity contribution in [1.82, 2.24) is 34.9 Å². The standard InChI is InChI=1S/C48H64N8O8/c1-28(2)34-12-9-32(10-13-34)26-50-44(60)36(15-19-41(49)57)51-45(61)38-17-14-35-21-22-54(27-29(3)47(63)55(35)38)43(59)25-31-7-5-30(6-8-31)23-33-11-16-37-40(24-33)53(4)48(64)56(37)39-18-20-42(58)52-46(39)62/h9-13,16,24,28-31,35-36,38-39H,5-8,14-15,17-23,25-27H2,1-4H3,(H2,49,57)(H,50,60)(H,51,61)(H,52,58,62)/t29-,30?,31?,35+,36-,38-,39?/m0/s1. The second kappa shape index (κ2) is 19.9. The first-order valence-corrected chi connectivity index (χ1v) is 23.2. The number of rotatable bonds is 14. The first kappa shape index (κ1) is 46.2. The smallest absolute Gasteiger partial charge is 0.329 e. The van der Waals surface area contributed by atoms with Gasteiger partial charge in [0, 0.05) is 52.0 Å².